The highest BCUT2D eigenvalue weighted by Gasteiger charge is 2.14. The molecule has 1 fully saturated rings. The number of hydrogen-bond donors (Lipinski definition) is 1. The van der Waals surface area contributed by atoms with Gasteiger partial charge in [0.05, 0.1) is 20.6 Å². The predicted molar refractivity (Wildman–Crippen MR) is 121 cm³/mol. The van der Waals surface area contributed by atoms with E-state index in [0.29, 0.717) is 24.5 Å². The van der Waals surface area contributed by atoms with Gasteiger partial charge in [-0.15, -0.1) is 0 Å². The maximum Gasteiger partial charge on any atom is 0.224 e. The smallest absolute Gasteiger partial charge is 0.224 e. The first-order valence-electron chi connectivity index (χ1n) is 10.6. The molecule has 2 aromatic rings. The zero-order chi connectivity index (χ0) is 21.3. The van der Waals surface area contributed by atoms with E-state index in [9.17, 15) is 4.79 Å². The number of hydrogen-bond acceptors (Lipinski definition) is 5. The average molecular weight is 412 g/mol. The Labute approximate surface area is 179 Å². The quantitative estimate of drug-likeness (QED) is 0.643. The molecule has 0 aliphatic carbocycles. The maximum absolute atomic E-state index is 12.2. The van der Waals surface area contributed by atoms with Crippen molar-refractivity contribution in [1.82, 2.24) is 10.2 Å². The molecule has 6 nitrogen and oxygen atoms in total. The molecule has 6 heteroatoms. The molecule has 3 rings (SSSR count). The van der Waals surface area contributed by atoms with Gasteiger partial charge in [0.15, 0.2) is 11.5 Å². The van der Waals surface area contributed by atoms with E-state index in [1.807, 2.05) is 18.2 Å². The molecule has 0 aromatic heterocycles. The number of carbonyl (C=O) groups is 1. The van der Waals surface area contributed by atoms with Gasteiger partial charge in [0, 0.05) is 38.4 Å². The number of benzene rings is 2. The molecule has 30 heavy (non-hydrogen) atoms. The van der Waals surface area contributed by atoms with Gasteiger partial charge >= 0.3 is 0 Å². The number of aryl methyl sites for hydroxylation is 1. The molecule has 162 valence electrons. The Morgan fingerprint density at radius 1 is 0.933 bits per heavy atom. The first-order valence-corrected chi connectivity index (χ1v) is 10.6. The maximum atomic E-state index is 12.2. The van der Waals surface area contributed by atoms with Crippen molar-refractivity contribution in [2.45, 2.75) is 19.3 Å². The van der Waals surface area contributed by atoms with Crippen LogP contribution in [0.1, 0.15) is 17.5 Å². The molecule has 0 saturated carbocycles. The van der Waals surface area contributed by atoms with Gasteiger partial charge in [0.2, 0.25) is 5.91 Å². The van der Waals surface area contributed by atoms with E-state index in [-0.39, 0.29) is 5.91 Å². The molecule has 2 aromatic carbocycles. The Hall–Kier alpha value is -2.73. The largest absolute Gasteiger partial charge is 0.493 e. The minimum absolute atomic E-state index is 0.0210. The second kappa shape index (κ2) is 10.9. The van der Waals surface area contributed by atoms with Gasteiger partial charge in [-0.25, -0.2) is 0 Å². The lowest BCUT2D eigenvalue weighted by molar-refractivity contribution is -0.120. The van der Waals surface area contributed by atoms with Crippen molar-refractivity contribution in [2.75, 3.05) is 58.9 Å². The van der Waals surface area contributed by atoms with Crippen molar-refractivity contribution in [2.24, 2.45) is 0 Å². The number of nitrogens with zero attached hydrogens (tertiary/aromatic N) is 2. The molecule has 1 amide bonds. The molecule has 1 N–H and O–H groups in total. The number of piperazine rings is 1. The summed E-state index contributed by atoms with van der Waals surface area (Å²) in [5.74, 6) is 1.33. The summed E-state index contributed by atoms with van der Waals surface area (Å²) in [6.45, 7) is 5.08. The number of amides is 1. The molecule has 0 atom stereocenters. The third-order valence-electron chi connectivity index (χ3n) is 5.58. The Kier molecular flexibility index (Phi) is 7.97. The first kappa shape index (κ1) is 22.0. The van der Waals surface area contributed by atoms with Crippen LogP contribution in [0.3, 0.4) is 0 Å². The standard InChI is InChI=1S/C24H33N3O3/c1-26-13-15-27(16-14-26)21-9-6-19(7-10-21)5-4-12-25-24(28)18-20-8-11-22(29-2)23(17-20)30-3/h6-11,17H,4-5,12-16,18H2,1-3H3,(H,25,28). The molecule has 0 unspecified atom stereocenters. The third kappa shape index (κ3) is 6.13. The van der Waals surface area contributed by atoms with E-state index in [4.69, 9.17) is 9.47 Å². The van der Waals surface area contributed by atoms with Gasteiger partial charge in [-0.05, 0) is 55.3 Å². The van der Waals surface area contributed by atoms with Crippen LogP contribution >= 0.6 is 0 Å². The molecule has 0 bridgehead atoms. The second-order valence-electron chi connectivity index (χ2n) is 7.78. The highest BCUT2D eigenvalue weighted by atomic mass is 16.5. The Morgan fingerprint density at radius 3 is 2.27 bits per heavy atom. The van der Waals surface area contributed by atoms with Gasteiger partial charge in [-0.2, -0.15) is 0 Å². The number of rotatable bonds is 9. The third-order valence-corrected chi connectivity index (χ3v) is 5.58. The van der Waals surface area contributed by atoms with Crippen molar-refractivity contribution in [3.63, 3.8) is 0 Å². The van der Waals surface area contributed by atoms with Crippen molar-refractivity contribution in [3.8, 4) is 11.5 Å². The van der Waals surface area contributed by atoms with Crippen LogP contribution < -0.4 is 19.7 Å². The van der Waals surface area contributed by atoms with E-state index in [1.165, 1.54) is 11.3 Å². The van der Waals surface area contributed by atoms with Gasteiger partial charge in [0.1, 0.15) is 0 Å². The zero-order valence-electron chi connectivity index (χ0n) is 18.3. The summed E-state index contributed by atoms with van der Waals surface area (Å²) in [4.78, 5) is 17.0. The number of ether oxygens (including phenoxy) is 2. The molecule has 1 aliphatic rings. The Bertz CT molecular complexity index is 815. The zero-order valence-corrected chi connectivity index (χ0v) is 18.3. The summed E-state index contributed by atoms with van der Waals surface area (Å²) in [6, 6.07) is 14.4. The van der Waals surface area contributed by atoms with Crippen molar-refractivity contribution in [3.05, 3.63) is 53.6 Å². The van der Waals surface area contributed by atoms with E-state index in [2.05, 4.69) is 46.4 Å². The van der Waals surface area contributed by atoms with E-state index >= 15 is 0 Å². The topological polar surface area (TPSA) is 54.0 Å². The van der Waals surface area contributed by atoms with Gasteiger partial charge in [0.25, 0.3) is 0 Å². The SMILES string of the molecule is COc1ccc(CC(=O)NCCCc2ccc(N3CCN(C)CC3)cc2)cc1OC. The fourth-order valence-electron chi connectivity index (χ4n) is 3.70. The lowest BCUT2D eigenvalue weighted by Crippen LogP contribution is -2.44. The van der Waals surface area contributed by atoms with E-state index in [1.54, 1.807) is 14.2 Å². The molecule has 0 radical (unpaired) electrons. The first-order chi connectivity index (χ1) is 14.6. The molecule has 0 spiro atoms. The summed E-state index contributed by atoms with van der Waals surface area (Å²) in [6.07, 6.45) is 2.21. The molecular weight excluding hydrogens is 378 g/mol. The number of anilines is 1. The molecule has 1 aliphatic heterocycles. The number of likely N-dealkylation sites (N-methyl/N-ethyl adjacent to an activating group) is 1. The van der Waals surface area contributed by atoms with Crippen molar-refractivity contribution < 1.29 is 14.3 Å². The molecule has 1 saturated heterocycles. The van der Waals surface area contributed by atoms with E-state index in [0.717, 1.165) is 44.6 Å². The number of methoxy groups -OCH3 is 2. The highest BCUT2D eigenvalue weighted by molar-refractivity contribution is 5.78. The van der Waals surface area contributed by atoms with Crippen molar-refractivity contribution in [1.29, 1.82) is 0 Å². The number of carbonyl (C=O) groups excluding carboxylic acids is 1. The summed E-state index contributed by atoms with van der Waals surface area (Å²) in [5, 5.41) is 3.01. The minimum atomic E-state index is 0.0210. The summed E-state index contributed by atoms with van der Waals surface area (Å²) >= 11 is 0. The van der Waals surface area contributed by atoms with Crippen LogP contribution in [0, 0.1) is 0 Å². The highest BCUT2D eigenvalue weighted by Crippen LogP contribution is 2.27. The predicted octanol–water partition coefficient (Wildman–Crippen LogP) is 2.75. The Morgan fingerprint density at radius 2 is 1.60 bits per heavy atom. The van der Waals surface area contributed by atoms with Crippen LogP contribution in [0.2, 0.25) is 0 Å². The Balaban J connectivity index is 1.39. The summed E-state index contributed by atoms with van der Waals surface area (Å²) in [7, 11) is 5.37. The van der Waals surface area contributed by atoms with Crippen LogP contribution in [0.25, 0.3) is 0 Å². The van der Waals surface area contributed by atoms with Crippen LogP contribution in [-0.4, -0.2) is 64.8 Å². The van der Waals surface area contributed by atoms with E-state index < -0.39 is 0 Å². The van der Waals surface area contributed by atoms with Crippen LogP contribution in [0.5, 0.6) is 11.5 Å². The van der Waals surface area contributed by atoms with Gasteiger partial charge < -0.3 is 24.6 Å². The van der Waals surface area contributed by atoms with Crippen LogP contribution in [0.4, 0.5) is 5.69 Å². The number of nitrogens with one attached hydrogen (secondary N) is 1. The fourth-order valence-corrected chi connectivity index (χ4v) is 3.70. The second-order valence-corrected chi connectivity index (χ2v) is 7.78. The normalized spacial score (nSPS) is 14.4. The van der Waals surface area contributed by atoms with Gasteiger partial charge in [-0.1, -0.05) is 18.2 Å². The average Bonchev–Trinajstić information content (AvgIpc) is 2.77. The minimum Gasteiger partial charge on any atom is -0.493 e. The molecular formula is C24H33N3O3. The summed E-state index contributed by atoms with van der Waals surface area (Å²) in [5.41, 5.74) is 3.52. The monoisotopic (exact) mass is 411 g/mol. The molecule has 1 heterocycles. The lowest BCUT2D eigenvalue weighted by atomic mass is 10.1. The van der Waals surface area contributed by atoms with Crippen LogP contribution in [-0.2, 0) is 17.6 Å². The van der Waals surface area contributed by atoms with Crippen molar-refractivity contribution >= 4 is 11.6 Å². The fraction of sp³-hybridized carbons (Fsp3) is 0.458. The van der Waals surface area contributed by atoms with Gasteiger partial charge in [-0.3, -0.25) is 4.79 Å². The summed E-state index contributed by atoms with van der Waals surface area (Å²) < 4.78 is 10.5. The van der Waals surface area contributed by atoms with Crippen LogP contribution in [0.15, 0.2) is 42.5 Å². The lowest BCUT2D eigenvalue weighted by Gasteiger charge is -2.34.